The highest BCUT2D eigenvalue weighted by atomic mass is 16.5. The van der Waals surface area contributed by atoms with E-state index in [4.69, 9.17) is 9.47 Å². The summed E-state index contributed by atoms with van der Waals surface area (Å²) in [7, 11) is 0. The molecule has 0 saturated heterocycles. The molecule has 5 heteroatoms. The zero-order valence-electron chi connectivity index (χ0n) is 27.7. The second-order valence-electron chi connectivity index (χ2n) is 14.1. The average Bonchev–Trinajstić information content (AvgIpc) is 3.48. The van der Waals surface area contributed by atoms with Crippen molar-refractivity contribution in [3.05, 3.63) is 163 Å². The molecule has 0 N–H and O–H groups in total. The first kappa shape index (κ1) is 27.7. The quantitative estimate of drug-likeness (QED) is 0.176. The van der Waals surface area contributed by atoms with Gasteiger partial charge in [-0.1, -0.05) is 98.8 Å². The summed E-state index contributed by atoms with van der Waals surface area (Å²) < 4.78 is 15.5. The molecule has 50 heavy (non-hydrogen) atoms. The van der Waals surface area contributed by atoms with Crippen molar-refractivity contribution in [3.8, 4) is 28.7 Å². The van der Waals surface area contributed by atoms with Gasteiger partial charge < -0.3 is 18.9 Å². The van der Waals surface area contributed by atoms with Crippen LogP contribution in [0.4, 0.5) is 17.1 Å². The summed E-state index contributed by atoms with van der Waals surface area (Å²) in [4.78, 5) is 2.44. The fraction of sp³-hybridized carbons (Fsp3) is 0.0667. The van der Waals surface area contributed by atoms with Gasteiger partial charge in [0, 0.05) is 39.1 Å². The van der Waals surface area contributed by atoms with E-state index in [0.29, 0.717) is 0 Å². The predicted molar refractivity (Wildman–Crippen MR) is 205 cm³/mol. The monoisotopic (exact) mass is 642 g/mol. The Morgan fingerprint density at radius 1 is 0.480 bits per heavy atom. The van der Waals surface area contributed by atoms with E-state index in [0.717, 1.165) is 50.8 Å². The topological polar surface area (TPSA) is 26.6 Å². The molecular weight excluding hydrogens is 611 g/mol. The summed E-state index contributed by atoms with van der Waals surface area (Å²) >= 11 is 0. The molecule has 0 aliphatic carbocycles. The molecule has 3 aliphatic heterocycles. The van der Waals surface area contributed by atoms with Crippen LogP contribution in [0.25, 0.3) is 27.5 Å². The van der Waals surface area contributed by atoms with Gasteiger partial charge in [0.25, 0.3) is 6.71 Å². The van der Waals surface area contributed by atoms with E-state index in [1.807, 2.05) is 18.2 Å². The molecule has 0 amide bonds. The van der Waals surface area contributed by atoms with Crippen molar-refractivity contribution in [2.24, 2.45) is 0 Å². The van der Waals surface area contributed by atoms with Crippen molar-refractivity contribution in [1.29, 1.82) is 0 Å². The first-order valence-electron chi connectivity index (χ1n) is 17.3. The van der Waals surface area contributed by atoms with Gasteiger partial charge in [-0.2, -0.15) is 0 Å². The highest BCUT2D eigenvalue weighted by Crippen LogP contribution is 2.54. The van der Waals surface area contributed by atoms with Crippen molar-refractivity contribution in [3.63, 3.8) is 0 Å². The SMILES string of the molecule is CC1(C)c2ccccc2N(c2ccc3c(c2)Oc2cccc4c2B3c2ccccc2O4)c2cc3c(cc21)c1ccccc1n3-c1ccccc1. The molecule has 0 atom stereocenters. The van der Waals surface area contributed by atoms with Gasteiger partial charge in [-0.15, -0.1) is 0 Å². The van der Waals surface area contributed by atoms with Crippen LogP contribution in [0, 0.1) is 0 Å². The Morgan fingerprint density at radius 3 is 2.06 bits per heavy atom. The predicted octanol–water partition coefficient (Wildman–Crippen LogP) is 9.62. The number of hydrogen-bond acceptors (Lipinski definition) is 3. The van der Waals surface area contributed by atoms with Crippen molar-refractivity contribution in [2.75, 3.05) is 4.90 Å². The van der Waals surface area contributed by atoms with E-state index in [-0.39, 0.29) is 12.1 Å². The summed E-state index contributed by atoms with van der Waals surface area (Å²) in [5, 5.41) is 2.52. The number of anilines is 3. The van der Waals surface area contributed by atoms with E-state index >= 15 is 0 Å². The molecule has 236 valence electrons. The lowest BCUT2D eigenvalue weighted by Gasteiger charge is -2.42. The van der Waals surface area contributed by atoms with Crippen LogP contribution in [0.15, 0.2) is 152 Å². The van der Waals surface area contributed by atoms with Crippen LogP contribution in [-0.4, -0.2) is 11.3 Å². The van der Waals surface area contributed by atoms with Crippen LogP contribution in [0.3, 0.4) is 0 Å². The van der Waals surface area contributed by atoms with Crippen LogP contribution >= 0.6 is 0 Å². The Balaban J connectivity index is 1.17. The zero-order valence-corrected chi connectivity index (χ0v) is 27.7. The maximum absolute atomic E-state index is 6.76. The highest BCUT2D eigenvalue weighted by molar-refractivity contribution is 6.98. The van der Waals surface area contributed by atoms with Crippen molar-refractivity contribution < 1.29 is 9.47 Å². The standard InChI is InChI=1S/C45H31BN2O2/c1-45(2)32-16-7-10-19-37(32)48(39-27-38-31(26-33(39)45)30-15-6-9-18-36(30)47(38)28-13-4-3-5-14-28)29-23-24-35-43(25-29)50-42-22-12-21-41-44(42)46(35)34-17-8-11-20-40(34)49-41/h3-27H,1-2H3. The summed E-state index contributed by atoms with van der Waals surface area (Å²) in [6.07, 6.45) is 0. The maximum atomic E-state index is 6.76. The van der Waals surface area contributed by atoms with Crippen molar-refractivity contribution in [2.45, 2.75) is 19.3 Å². The van der Waals surface area contributed by atoms with E-state index in [2.05, 4.69) is 157 Å². The molecule has 0 bridgehead atoms. The molecule has 7 aromatic carbocycles. The number of benzene rings is 7. The van der Waals surface area contributed by atoms with Gasteiger partial charge in [-0.25, -0.2) is 0 Å². The number of rotatable bonds is 2. The average molecular weight is 643 g/mol. The molecule has 0 radical (unpaired) electrons. The Hall–Kier alpha value is -6.20. The second-order valence-corrected chi connectivity index (χ2v) is 14.1. The molecule has 4 nitrogen and oxygen atoms in total. The normalized spacial score (nSPS) is 14.6. The summed E-state index contributed by atoms with van der Waals surface area (Å²) in [6.45, 7) is 4.75. The fourth-order valence-corrected chi connectivity index (χ4v) is 8.80. The van der Waals surface area contributed by atoms with Crippen LogP contribution in [0.5, 0.6) is 23.0 Å². The molecule has 0 unspecified atom stereocenters. The third-order valence-corrected chi connectivity index (χ3v) is 11.1. The molecule has 11 rings (SSSR count). The van der Waals surface area contributed by atoms with Gasteiger partial charge in [0.15, 0.2) is 0 Å². The van der Waals surface area contributed by atoms with E-state index in [9.17, 15) is 0 Å². The third-order valence-electron chi connectivity index (χ3n) is 11.1. The van der Waals surface area contributed by atoms with Crippen LogP contribution < -0.4 is 30.8 Å². The molecular formula is C45H31BN2O2. The summed E-state index contributed by atoms with van der Waals surface area (Å²) in [6, 6.07) is 54.5. The molecule has 0 spiro atoms. The minimum absolute atomic E-state index is 0.0324. The fourth-order valence-electron chi connectivity index (χ4n) is 8.80. The Kier molecular flexibility index (Phi) is 5.50. The van der Waals surface area contributed by atoms with Gasteiger partial charge in [0.05, 0.1) is 22.4 Å². The second kappa shape index (κ2) is 9.93. The zero-order chi connectivity index (χ0) is 33.1. The molecule has 4 heterocycles. The molecule has 3 aliphatic rings. The lowest BCUT2D eigenvalue weighted by molar-refractivity contribution is 0.464. The summed E-state index contributed by atoms with van der Waals surface area (Å²) in [5.41, 5.74) is 12.7. The first-order valence-corrected chi connectivity index (χ1v) is 17.3. The van der Waals surface area contributed by atoms with Gasteiger partial charge >= 0.3 is 0 Å². The van der Waals surface area contributed by atoms with Crippen LogP contribution in [-0.2, 0) is 5.41 Å². The molecule has 0 saturated carbocycles. The van der Waals surface area contributed by atoms with Gasteiger partial charge in [0.1, 0.15) is 23.0 Å². The Morgan fingerprint density at radius 2 is 1.18 bits per heavy atom. The lowest BCUT2D eigenvalue weighted by atomic mass is 9.35. The van der Waals surface area contributed by atoms with Gasteiger partial charge in [-0.3, -0.25) is 0 Å². The van der Waals surface area contributed by atoms with Crippen molar-refractivity contribution in [1.82, 2.24) is 4.57 Å². The number of ether oxygens (including phenoxy) is 2. The lowest BCUT2D eigenvalue weighted by Crippen LogP contribution is -2.57. The van der Waals surface area contributed by atoms with Crippen LogP contribution in [0.1, 0.15) is 25.0 Å². The Labute approximate surface area is 290 Å². The molecule has 8 aromatic rings. The van der Waals surface area contributed by atoms with Gasteiger partial charge in [-0.05, 0) is 82.7 Å². The molecule has 0 fully saturated rings. The Bertz CT molecular complexity index is 2710. The van der Waals surface area contributed by atoms with Gasteiger partial charge in [0.2, 0.25) is 0 Å². The maximum Gasteiger partial charge on any atom is 0.260 e. The van der Waals surface area contributed by atoms with Crippen molar-refractivity contribution >= 4 is 62.0 Å². The smallest absolute Gasteiger partial charge is 0.260 e. The molecule has 1 aromatic heterocycles. The minimum Gasteiger partial charge on any atom is -0.458 e. The number of nitrogens with zero attached hydrogens (tertiary/aromatic N) is 2. The number of hydrogen-bond donors (Lipinski definition) is 0. The summed E-state index contributed by atoms with van der Waals surface area (Å²) in [5.74, 6) is 3.48. The number of para-hydroxylation sites is 4. The number of fused-ring (bicyclic) bond motifs is 9. The van der Waals surface area contributed by atoms with E-state index in [1.54, 1.807) is 0 Å². The minimum atomic E-state index is -0.224. The van der Waals surface area contributed by atoms with Crippen LogP contribution in [0.2, 0.25) is 0 Å². The third kappa shape index (κ3) is 3.67. The first-order chi connectivity index (χ1) is 24.6. The highest BCUT2D eigenvalue weighted by Gasteiger charge is 2.41. The number of aromatic nitrogens is 1. The largest absolute Gasteiger partial charge is 0.458 e. The van der Waals surface area contributed by atoms with E-state index in [1.165, 1.54) is 44.3 Å². The van der Waals surface area contributed by atoms with E-state index < -0.39 is 0 Å².